The topological polar surface area (TPSA) is 54.0 Å². The zero-order chi connectivity index (χ0) is 20.0. The maximum atomic E-state index is 13.0. The van der Waals surface area contributed by atoms with E-state index in [0.717, 1.165) is 16.9 Å². The SMILES string of the molecule is CCOP(=O)(Cc1cccc(OC)c1CO[Si](C)(C)C(C)(C)C)OCC. The highest BCUT2D eigenvalue weighted by atomic mass is 31.2. The van der Waals surface area contributed by atoms with Gasteiger partial charge >= 0.3 is 7.60 Å². The molecule has 0 unspecified atom stereocenters. The highest BCUT2D eigenvalue weighted by Gasteiger charge is 2.37. The van der Waals surface area contributed by atoms with Crippen molar-refractivity contribution in [2.45, 2.75) is 65.5 Å². The Morgan fingerprint density at radius 2 is 1.65 bits per heavy atom. The van der Waals surface area contributed by atoms with Gasteiger partial charge in [0.2, 0.25) is 0 Å². The van der Waals surface area contributed by atoms with Gasteiger partial charge in [0.1, 0.15) is 5.75 Å². The first-order valence-electron chi connectivity index (χ1n) is 9.16. The first-order valence-corrected chi connectivity index (χ1v) is 13.8. The van der Waals surface area contributed by atoms with Gasteiger partial charge in [0.25, 0.3) is 0 Å². The molecule has 0 aliphatic carbocycles. The van der Waals surface area contributed by atoms with E-state index >= 15 is 0 Å². The van der Waals surface area contributed by atoms with Gasteiger partial charge in [0.05, 0.1) is 33.1 Å². The number of methoxy groups -OCH3 is 1. The van der Waals surface area contributed by atoms with Crippen LogP contribution in [0.2, 0.25) is 18.1 Å². The Balaban J connectivity index is 3.17. The van der Waals surface area contributed by atoms with Crippen LogP contribution in [-0.2, 0) is 30.8 Å². The highest BCUT2D eigenvalue weighted by Crippen LogP contribution is 2.52. The van der Waals surface area contributed by atoms with E-state index in [1.54, 1.807) is 7.11 Å². The van der Waals surface area contributed by atoms with Crippen LogP contribution in [0, 0.1) is 0 Å². The number of hydrogen-bond donors (Lipinski definition) is 0. The monoisotopic (exact) mass is 402 g/mol. The molecule has 0 saturated heterocycles. The third-order valence-electron chi connectivity index (χ3n) is 4.85. The van der Waals surface area contributed by atoms with Crippen LogP contribution in [0.25, 0.3) is 0 Å². The first kappa shape index (κ1) is 23.4. The van der Waals surface area contributed by atoms with Gasteiger partial charge in [-0.3, -0.25) is 4.57 Å². The van der Waals surface area contributed by atoms with Crippen LogP contribution in [0.4, 0.5) is 0 Å². The Hall–Kier alpha value is -0.653. The lowest BCUT2D eigenvalue weighted by atomic mass is 10.1. The standard InChI is InChI=1S/C19H35O5PSi/c1-9-22-25(20,23-10-2)15-16-12-11-13-18(21-6)17(16)14-24-26(7,8)19(3,4)5/h11-13H,9-10,14-15H2,1-8H3. The molecule has 150 valence electrons. The normalized spacial score (nSPS) is 13.1. The van der Waals surface area contributed by atoms with Crippen molar-refractivity contribution in [3.63, 3.8) is 0 Å². The number of ether oxygens (including phenoxy) is 1. The van der Waals surface area contributed by atoms with Crippen LogP contribution in [0.15, 0.2) is 18.2 Å². The molecule has 1 rings (SSSR count). The van der Waals surface area contributed by atoms with E-state index in [1.165, 1.54) is 0 Å². The summed E-state index contributed by atoms with van der Waals surface area (Å²) in [5, 5.41) is 0.112. The van der Waals surface area contributed by atoms with Crippen LogP contribution in [0.5, 0.6) is 5.75 Å². The molecule has 0 radical (unpaired) electrons. The first-order chi connectivity index (χ1) is 12.0. The minimum atomic E-state index is -3.20. The van der Waals surface area contributed by atoms with Crippen molar-refractivity contribution in [2.24, 2.45) is 0 Å². The summed E-state index contributed by atoms with van der Waals surface area (Å²) >= 11 is 0. The van der Waals surface area contributed by atoms with Crippen LogP contribution < -0.4 is 4.74 Å². The lowest BCUT2D eigenvalue weighted by Gasteiger charge is -2.36. The molecule has 0 bridgehead atoms. The van der Waals surface area contributed by atoms with E-state index < -0.39 is 15.9 Å². The van der Waals surface area contributed by atoms with Crippen molar-refractivity contribution in [2.75, 3.05) is 20.3 Å². The van der Waals surface area contributed by atoms with Crippen LogP contribution in [0.3, 0.4) is 0 Å². The molecule has 1 aromatic rings. The van der Waals surface area contributed by atoms with E-state index in [1.807, 2.05) is 32.0 Å². The summed E-state index contributed by atoms with van der Waals surface area (Å²) < 4.78 is 35.8. The maximum absolute atomic E-state index is 13.0. The van der Waals surface area contributed by atoms with Gasteiger partial charge in [-0.15, -0.1) is 0 Å². The van der Waals surface area contributed by atoms with Crippen LogP contribution in [0.1, 0.15) is 45.7 Å². The van der Waals surface area contributed by atoms with Gasteiger partial charge in [0, 0.05) is 5.56 Å². The van der Waals surface area contributed by atoms with Crippen LogP contribution >= 0.6 is 7.60 Å². The molecule has 0 atom stereocenters. The molecular weight excluding hydrogens is 367 g/mol. The van der Waals surface area contributed by atoms with Crippen molar-refractivity contribution >= 4 is 15.9 Å². The summed E-state index contributed by atoms with van der Waals surface area (Å²) in [6, 6.07) is 5.74. The summed E-state index contributed by atoms with van der Waals surface area (Å²) in [7, 11) is -3.48. The molecule has 0 spiro atoms. The fourth-order valence-corrected chi connectivity index (χ4v) is 5.01. The van der Waals surface area contributed by atoms with Gasteiger partial charge in [-0.1, -0.05) is 32.9 Å². The summed E-state index contributed by atoms with van der Waals surface area (Å²) in [4.78, 5) is 0. The molecule has 0 aromatic heterocycles. The quantitative estimate of drug-likeness (QED) is 0.356. The largest absolute Gasteiger partial charge is 0.496 e. The predicted octanol–water partition coefficient (Wildman–Crippen LogP) is 5.98. The van der Waals surface area contributed by atoms with Gasteiger partial charge in [0.15, 0.2) is 8.32 Å². The number of rotatable bonds is 10. The molecule has 0 aliphatic rings. The Morgan fingerprint density at radius 3 is 2.12 bits per heavy atom. The van der Waals surface area contributed by atoms with E-state index in [9.17, 15) is 4.57 Å². The minimum Gasteiger partial charge on any atom is -0.496 e. The molecule has 26 heavy (non-hydrogen) atoms. The Morgan fingerprint density at radius 1 is 1.08 bits per heavy atom. The number of benzene rings is 1. The van der Waals surface area contributed by atoms with Gasteiger partial charge in [-0.05, 0) is 43.6 Å². The Bertz CT molecular complexity index is 615. The second-order valence-corrected chi connectivity index (χ2v) is 14.6. The fourth-order valence-electron chi connectivity index (χ4n) is 2.31. The van der Waals surface area contributed by atoms with E-state index in [2.05, 4.69) is 33.9 Å². The van der Waals surface area contributed by atoms with Crippen molar-refractivity contribution in [1.82, 2.24) is 0 Å². The van der Waals surface area contributed by atoms with Gasteiger partial charge in [-0.2, -0.15) is 0 Å². The van der Waals surface area contributed by atoms with Gasteiger partial charge < -0.3 is 18.2 Å². The fraction of sp³-hybridized carbons (Fsp3) is 0.684. The average Bonchev–Trinajstić information content (AvgIpc) is 2.52. The van der Waals surface area contributed by atoms with E-state index in [4.69, 9.17) is 18.2 Å². The second kappa shape index (κ2) is 9.51. The molecule has 0 saturated carbocycles. The van der Waals surface area contributed by atoms with Gasteiger partial charge in [-0.25, -0.2) is 0 Å². The summed E-state index contributed by atoms with van der Waals surface area (Å²) in [5.74, 6) is 0.737. The third-order valence-corrected chi connectivity index (χ3v) is 11.4. The van der Waals surface area contributed by atoms with E-state index in [0.29, 0.717) is 19.8 Å². The smallest absolute Gasteiger partial charge is 0.335 e. The molecule has 7 heteroatoms. The highest BCUT2D eigenvalue weighted by molar-refractivity contribution is 7.53. The second-order valence-electron chi connectivity index (χ2n) is 7.75. The molecule has 0 heterocycles. The Labute approximate surface area is 160 Å². The van der Waals surface area contributed by atoms with Crippen LogP contribution in [-0.4, -0.2) is 28.6 Å². The predicted molar refractivity (Wildman–Crippen MR) is 110 cm³/mol. The Kier molecular flexibility index (Phi) is 8.56. The van der Waals surface area contributed by atoms with Crippen molar-refractivity contribution in [1.29, 1.82) is 0 Å². The molecule has 0 fully saturated rings. The van der Waals surface area contributed by atoms with Crippen molar-refractivity contribution < 1.29 is 22.8 Å². The maximum Gasteiger partial charge on any atom is 0.335 e. The zero-order valence-electron chi connectivity index (χ0n) is 17.5. The van der Waals surface area contributed by atoms with E-state index in [-0.39, 0.29) is 11.2 Å². The minimum absolute atomic E-state index is 0.112. The summed E-state index contributed by atoms with van der Waals surface area (Å²) in [5.41, 5.74) is 1.80. The molecule has 1 aromatic carbocycles. The lowest BCUT2D eigenvalue weighted by molar-refractivity contribution is 0.218. The van der Waals surface area contributed by atoms with Crippen molar-refractivity contribution in [3.8, 4) is 5.75 Å². The summed E-state index contributed by atoms with van der Waals surface area (Å²) in [6.45, 7) is 15.8. The molecule has 0 aliphatic heterocycles. The van der Waals surface area contributed by atoms with Crippen molar-refractivity contribution in [3.05, 3.63) is 29.3 Å². The molecule has 0 amide bonds. The summed E-state index contributed by atoms with van der Waals surface area (Å²) in [6.07, 6.45) is 0.210. The molecule has 5 nitrogen and oxygen atoms in total. The number of hydrogen-bond acceptors (Lipinski definition) is 5. The zero-order valence-corrected chi connectivity index (χ0v) is 19.4. The average molecular weight is 403 g/mol. The lowest BCUT2D eigenvalue weighted by Crippen LogP contribution is -2.40. The molecule has 0 N–H and O–H groups in total. The molecular formula is C19H35O5PSi. The third kappa shape index (κ3) is 6.21.